The van der Waals surface area contributed by atoms with E-state index in [0.717, 1.165) is 37.4 Å². The molecule has 120 valence electrons. The molecule has 2 rings (SSSR count). The van der Waals surface area contributed by atoms with Crippen molar-refractivity contribution in [3.8, 4) is 0 Å². The second-order valence-electron chi connectivity index (χ2n) is 5.83. The lowest BCUT2D eigenvalue weighted by Crippen LogP contribution is -2.29. The summed E-state index contributed by atoms with van der Waals surface area (Å²) in [6.45, 7) is 7.67. The summed E-state index contributed by atoms with van der Waals surface area (Å²) in [6, 6.07) is 7.52. The average molecular weight is 301 g/mol. The molecule has 0 amide bonds. The van der Waals surface area contributed by atoms with E-state index in [1.54, 1.807) is 0 Å². The third-order valence-electron chi connectivity index (χ3n) is 3.98. The number of fused-ring (bicyclic) bond motifs is 1. The zero-order valence-corrected chi connectivity index (χ0v) is 13.8. The number of aromatic amines is 1. The molecule has 0 saturated carbocycles. The van der Waals surface area contributed by atoms with Gasteiger partial charge >= 0.3 is 0 Å². The summed E-state index contributed by atoms with van der Waals surface area (Å²) in [6.07, 6.45) is 5.69. The smallest absolute Gasteiger partial charge is 0.258 e. The van der Waals surface area contributed by atoms with Crippen LogP contribution in [0.25, 0.3) is 10.9 Å². The Labute approximate surface area is 132 Å². The molecule has 0 aliphatic rings. The summed E-state index contributed by atoms with van der Waals surface area (Å²) in [5, 5.41) is 0.667. The maximum atomic E-state index is 12.1. The number of nitrogens with one attached hydrogen (secondary N) is 1. The lowest BCUT2D eigenvalue weighted by molar-refractivity contribution is 0.267. The third-order valence-corrected chi connectivity index (χ3v) is 3.98. The van der Waals surface area contributed by atoms with Gasteiger partial charge in [0.05, 0.1) is 10.9 Å². The second kappa shape index (κ2) is 8.69. The summed E-state index contributed by atoms with van der Waals surface area (Å²) in [4.78, 5) is 22.1. The highest BCUT2D eigenvalue weighted by molar-refractivity contribution is 5.77. The number of hydrogen-bond donors (Lipinski definition) is 1. The van der Waals surface area contributed by atoms with Gasteiger partial charge in [-0.25, -0.2) is 4.98 Å². The van der Waals surface area contributed by atoms with E-state index < -0.39 is 0 Å². The maximum absolute atomic E-state index is 12.1. The summed E-state index contributed by atoms with van der Waals surface area (Å²) in [5.74, 6) is 0.793. The van der Waals surface area contributed by atoms with Crippen molar-refractivity contribution in [1.82, 2.24) is 14.9 Å². The number of aromatic nitrogens is 2. The molecule has 0 bridgehead atoms. The van der Waals surface area contributed by atoms with Gasteiger partial charge in [-0.2, -0.15) is 0 Å². The Morgan fingerprint density at radius 2 is 1.73 bits per heavy atom. The Hall–Kier alpha value is -1.68. The fourth-order valence-electron chi connectivity index (χ4n) is 2.62. The normalized spacial score (nSPS) is 11.4. The van der Waals surface area contributed by atoms with Crippen molar-refractivity contribution in [2.45, 2.75) is 46.0 Å². The van der Waals surface area contributed by atoms with Crippen molar-refractivity contribution < 1.29 is 0 Å². The Bertz CT molecular complexity index is 628. The fourth-order valence-corrected chi connectivity index (χ4v) is 2.62. The van der Waals surface area contributed by atoms with Crippen molar-refractivity contribution in [1.29, 1.82) is 0 Å². The minimum absolute atomic E-state index is 0.0331. The van der Waals surface area contributed by atoms with Gasteiger partial charge in [-0.1, -0.05) is 38.8 Å². The molecule has 0 saturated heterocycles. The first kappa shape index (κ1) is 16.7. The number of hydrogen-bond acceptors (Lipinski definition) is 3. The predicted molar refractivity (Wildman–Crippen MR) is 92.3 cm³/mol. The first-order chi connectivity index (χ1) is 10.7. The fraction of sp³-hybridized carbons (Fsp3) is 0.556. The van der Waals surface area contributed by atoms with Crippen LogP contribution < -0.4 is 5.56 Å². The number of H-pyrrole nitrogens is 1. The Morgan fingerprint density at radius 1 is 1.05 bits per heavy atom. The molecule has 0 fully saturated rings. The highest BCUT2D eigenvalue weighted by atomic mass is 16.1. The maximum Gasteiger partial charge on any atom is 0.258 e. The van der Waals surface area contributed by atoms with Crippen molar-refractivity contribution in [2.75, 3.05) is 19.6 Å². The summed E-state index contributed by atoms with van der Waals surface area (Å²) in [5.41, 5.74) is 0.754. The van der Waals surface area contributed by atoms with Gasteiger partial charge in [-0.05, 0) is 38.1 Å². The van der Waals surface area contributed by atoms with Gasteiger partial charge in [0, 0.05) is 13.0 Å². The Kier molecular flexibility index (Phi) is 6.59. The van der Waals surface area contributed by atoms with Crippen molar-refractivity contribution in [2.24, 2.45) is 0 Å². The van der Waals surface area contributed by atoms with Crippen LogP contribution in [0.5, 0.6) is 0 Å². The second-order valence-corrected chi connectivity index (χ2v) is 5.83. The number of rotatable bonds is 9. The van der Waals surface area contributed by atoms with Crippen LogP contribution >= 0.6 is 0 Å². The number of nitrogens with zero attached hydrogens (tertiary/aromatic N) is 2. The molecule has 1 aromatic carbocycles. The van der Waals surface area contributed by atoms with E-state index in [2.05, 4.69) is 28.7 Å². The zero-order valence-electron chi connectivity index (χ0n) is 13.8. The molecule has 1 aromatic heterocycles. The van der Waals surface area contributed by atoms with Crippen LogP contribution in [0.4, 0.5) is 0 Å². The molecule has 4 nitrogen and oxygen atoms in total. The molecule has 0 radical (unpaired) electrons. The molecule has 1 N–H and O–H groups in total. The first-order valence-electron chi connectivity index (χ1n) is 8.45. The van der Waals surface area contributed by atoms with E-state index in [0.29, 0.717) is 5.39 Å². The zero-order chi connectivity index (χ0) is 15.8. The van der Waals surface area contributed by atoms with Crippen molar-refractivity contribution in [3.05, 3.63) is 40.4 Å². The van der Waals surface area contributed by atoms with E-state index in [4.69, 9.17) is 0 Å². The molecule has 0 atom stereocenters. The minimum atomic E-state index is -0.0331. The molecule has 0 aliphatic heterocycles. The molecule has 2 aromatic rings. The van der Waals surface area contributed by atoms with Crippen molar-refractivity contribution >= 4 is 10.9 Å². The lowest BCUT2D eigenvalue weighted by Gasteiger charge is -2.21. The van der Waals surface area contributed by atoms with E-state index in [9.17, 15) is 4.79 Å². The highest BCUT2D eigenvalue weighted by Gasteiger charge is 2.07. The van der Waals surface area contributed by atoms with Crippen LogP contribution in [0.2, 0.25) is 0 Å². The highest BCUT2D eigenvalue weighted by Crippen LogP contribution is 2.07. The molecule has 4 heteroatoms. The Morgan fingerprint density at radius 3 is 2.41 bits per heavy atom. The van der Waals surface area contributed by atoms with Crippen molar-refractivity contribution in [3.63, 3.8) is 0 Å². The molecule has 22 heavy (non-hydrogen) atoms. The van der Waals surface area contributed by atoms with Crippen LogP contribution in [0.15, 0.2) is 29.1 Å². The summed E-state index contributed by atoms with van der Waals surface area (Å²) >= 11 is 0. The monoisotopic (exact) mass is 301 g/mol. The van der Waals surface area contributed by atoms with Crippen LogP contribution in [0, 0.1) is 0 Å². The number of benzene rings is 1. The molecular formula is C18H27N3O. The summed E-state index contributed by atoms with van der Waals surface area (Å²) < 4.78 is 0. The van der Waals surface area contributed by atoms with E-state index >= 15 is 0 Å². The minimum Gasteiger partial charge on any atom is -0.310 e. The van der Waals surface area contributed by atoms with Gasteiger partial charge in [-0.3, -0.25) is 4.79 Å². The largest absolute Gasteiger partial charge is 0.310 e. The van der Waals surface area contributed by atoms with Crippen LogP contribution in [0.1, 0.15) is 45.4 Å². The van der Waals surface area contributed by atoms with Gasteiger partial charge in [0.2, 0.25) is 0 Å². The topological polar surface area (TPSA) is 49.0 Å². The van der Waals surface area contributed by atoms with Crippen LogP contribution in [-0.2, 0) is 6.42 Å². The van der Waals surface area contributed by atoms with E-state index in [-0.39, 0.29) is 5.56 Å². The van der Waals surface area contributed by atoms with Gasteiger partial charge in [-0.15, -0.1) is 0 Å². The first-order valence-corrected chi connectivity index (χ1v) is 8.45. The van der Waals surface area contributed by atoms with Gasteiger partial charge < -0.3 is 9.88 Å². The number of para-hydroxylation sites is 1. The molecule has 0 unspecified atom stereocenters. The third kappa shape index (κ3) is 4.67. The predicted octanol–water partition coefficient (Wildman–Crippen LogP) is 3.37. The summed E-state index contributed by atoms with van der Waals surface area (Å²) in [7, 11) is 0. The molecule has 0 aliphatic carbocycles. The lowest BCUT2D eigenvalue weighted by atomic mass is 10.2. The van der Waals surface area contributed by atoms with Crippen LogP contribution in [-0.4, -0.2) is 34.5 Å². The SMILES string of the molecule is CCCCN(CCCC)CCc1nc2ccccc2c(=O)[nH]1. The molecule has 0 spiro atoms. The quantitative estimate of drug-likeness (QED) is 0.772. The molecular weight excluding hydrogens is 274 g/mol. The van der Waals surface area contributed by atoms with E-state index in [1.807, 2.05) is 24.3 Å². The number of unbranched alkanes of at least 4 members (excludes halogenated alkanes) is 2. The van der Waals surface area contributed by atoms with Crippen LogP contribution in [0.3, 0.4) is 0 Å². The average Bonchev–Trinajstić information content (AvgIpc) is 2.54. The molecule has 1 heterocycles. The van der Waals surface area contributed by atoms with E-state index in [1.165, 1.54) is 25.7 Å². The van der Waals surface area contributed by atoms with Gasteiger partial charge in [0.15, 0.2) is 0 Å². The van der Waals surface area contributed by atoms with Gasteiger partial charge in [0.1, 0.15) is 5.82 Å². The van der Waals surface area contributed by atoms with Gasteiger partial charge in [0.25, 0.3) is 5.56 Å². The Balaban J connectivity index is 2.03. The standard InChI is InChI=1S/C18H27N3O/c1-3-5-12-21(13-6-4-2)14-11-17-19-16-10-8-7-9-15(16)18(22)20-17/h7-10H,3-6,11-14H2,1-2H3,(H,19,20,22).